The van der Waals surface area contributed by atoms with E-state index in [-0.39, 0.29) is 0 Å². The van der Waals surface area contributed by atoms with Crippen LogP contribution in [0.3, 0.4) is 0 Å². The molecule has 0 radical (unpaired) electrons. The third-order valence-corrected chi connectivity index (χ3v) is 2.21. The molecule has 0 bridgehead atoms. The highest BCUT2D eigenvalue weighted by molar-refractivity contribution is 6.35. The van der Waals surface area contributed by atoms with Crippen molar-refractivity contribution in [2.45, 2.75) is 0 Å². The van der Waals surface area contributed by atoms with Crippen LogP contribution in [0, 0.1) is 0 Å². The first kappa shape index (κ1) is 9.44. The molecule has 1 aromatic heterocycles. The molecular formula is C10H7Cl2NO. The molecule has 0 saturated heterocycles. The maximum atomic E-state index is 5.92. The van der Waals surface area contributed by atoms with Crippen LogP contribution in [0.4, 0.5) is 0 Å². The summed E-state index contributed by atoms with van der Waals surface area (Å²) in [4.78, 5) is 5.43. The van der Waals surface area contributed by atoms with Crippen LogP contribution >= 0.6 is 23.2 Å². The number of halogens is 2. The van der Waals surface area contributed by atoms with Gasteiger partial charge in [0.05, 0.1) is 5.02 Å². The summed E-state index contributed by atoms with van der Waals surface area (Å²) in [6, 6.07) is 8.83. The predicted molar refractivity (Wildman–Crippen MR) is 56.9 cm³/mol. The minimum Gasteiger partial charge on any atom is -0.374 e. The average Bonchev–Trinajstić information content (AvgIpc) is 2.62. The van der Waals surface area contributed by atoms with Crippen molar-refractivity contribution in [2.75, 3.05) is 0 Å². The van der Waals surface area contributed by atoms with Crippen LogP contribution in [-0.2, 0) is 0 Å². The fourth-order valence-electron chi connectivity index (χ4n) is 1.04. The van der Waals surface area contributed by atoms with Gasteiger partial charge in [-0.1, -0.05) is 23.2 Å². The van der Waals surface area contributed by atoms with Crippen LogP contribution in [-0.4, -0.2) is 4.73 Å². The van der Waals surface area contributed by atoms with E-state index in [1.165, 1.54) is 0 Å². The molecule has 1 heterocycles. The van der Waals surface area contributed by atoms with E-state index in [1.54, 1.807) is 35.3 Å². The molecular weight excluding hydrogens is 221 g/mol. The largest absolute Gasteiger partial charge is 0.374 e. The molecule has 0 fully saturated rings. The fourth-order valence-corrected chi connectivity index (χ4v) is 1.49. The van der Waals surface area contributed by atoms with E-state index in [9.17, 15) is 0 Å². The lowest BCUT2D eigenvalue weighted by molar-refractivity contribution is 0.217. The summed E-state index contributed by atoms with van der Waals surface area (Å²) < 4.78 is 1.56. The van der Waals surface area contributed by atoms with Crippen LogP contribution in [0.2, 0.25) is 10.0 Å². The van der Waals surface area contributed by atoms with Gasteiger partial charge in [-0.2, -0.15) is 4.73 Å². The molecule has 72 valence electrons. The second kappa shape index (κ2) is 3.95. The number of hydrogen-bond acceptors (Lipinski definition) is 1. The standard InChI is InChI=1S/C10H7Cl2NO/c11-8-3-4-10(9(12)7-8)14-13-5-1-2-6-13/h1-7H. The van der Waals surface area contributed by atoms with E-state index < -0.39 is 0 Å². The zero-order valence-electron chi connectivity index (χ0n) is 7.15. The molecule has 4 heteroatoms. The van der Waals surface area contributed by atoms with Crippen molar-refractivity contribution in [3.8, 4) is 5.75 Å². The van der Waals surface area contributed by atoms with Crippen LogP contribution in [0.1, 0.15) is 0 Å². The lowest BCUT2D eigenvalue weighted by Gasteiger charge is -2.07. The van der Waals surface area contributed by atoms with Gasteiger partial charge in [-0.3, -0.25) is 0 Å². The summed E-state index contributed by atoms with van der Waals surface area (Å²) in [6.45, 7) is 0. The number of benzene rings is 1. The van der Waals surface area contributed by atoms with Gasteiger partial charge in [-0.05, 0) is 30.3 Å². The van der Waals surface area contributed by atoms with Crippen molar-refractivity contribution >= 4 is 23.2 Å². The van der Waals surface area contributed by atoms with E-state index in [2.05, 4.69) is 0 Å². The SMILES string of the molecule is Clc1ccc(On2cccc2)c(Cl)c1. The van der Waals surface area contributed by atoms with Crippen LogP contribution < -0.4 is 4.84 Å². The second-order valence-electron chi connectivity index (χ2n) is 2.71. The monoisotopic (exact) mass is 227 g/mol. The lowest BCUT2D eigenvalue weighted by atomic mass is 10.3. The molecule has 0 N–H and O–H groups in total. The Morgan fingerprint density at radius 3 is 2.43 bits per heavy atom. The van der Waals surface area contributed by atoms with Gasteiger partial charge >= 0.3 is 0 Å². The normalized spacial score (nSPS) is 10.1. The van der Waals surface area contributed by atoms with Crippen molar-refractivity contribution in [1.29, 1.82) is 0 Å². The average molecular weight is 228 g/mol. The van der Waals surface area contributed by atoms with Crippen LogP contribution in [0.15, 0.2) is 42.7 Å². The van der Waals surface area contributed by atoms with Crippen molar-refractivity contribution in [3.63, 3.8) is 0 Å². The molecule has 0 unspecified atom stereocenters. The van der Waals surface area contributed by atoms with Crippen molar-refractivity contribution < 1.29 is 4.84 Å². The summed E-state index contributed by atoms with van der Waals surface area (Å²) >= 11 is 11.7. The fraction of sp³-hybridized carbons (Fsp3) is 0. The molecule has 2 nitrogen and oxygen atoms in total. The summed E-state index contributed by atoms with van der Waals surface area (Å²) in [5.74, 6) is 0.576. The quantitative estimate of drug-likeness (QED) is 0.765. The maximum absolute atomic E-state index is 5.92. The van der Waals surface area contributed by atoms with Gasteiger partial charge in [0.1, 0.15) is 0 Å². The number of hydrogen-bond donors (Lipinski definition) is 0. The lowest BCUT2D eigenvalue weighted by Crippen LogP contribution is -2.01. The molecule has 0 spiro atoms. The minimum absolute atomic E-state index is 0.492. The van der Waals surface area contributed by atoms with Crippen molar-refractivity contribution in [2.24, 2.45) is 0 Å². The summed E-state index contributed by atoms with van der Waals surface area (Å²) in [5, 5.41) is 1.08. The first-order valence-electron chi connectivity index (χ1n) is 4.02. The van der Waals surface area contributed by atoms with Gasteiger partial charge in [-0.25, -0.2) is 0 Å². The Bertz CT molecular complexity index is 426. The summed E-state index contributed by atoms with van der Waals surface area (Å²) in [5.41, 5.74) is 0. The highest BCUT2D eigenvalue weighted by Crippen LogP contribution is 2.27. The predicted octanol–water partition coefficient (Wildman–Crippen LogP) is 3.64. The number of aromatic nitrogens is 1. The zero-order chi connectivity index (χ0) is 9.97. The molecule has 1 aromatic carbocycles. The second-order valence-corrected chi connectivity index (χ2v) is 3.55. The molecule has 2 aromatic rings. The van der Waals surface area contributed by atoms with Crippen LogP contribution in [0.25, 0.3) is 0 Å². The maximum Gasteiger partial charge on any atom is 0.174 e. The van der Waals surface area contributed by atoms with E-state index in [0.29, 0.717) is 15.8 Å². The topological polar surface area (TPSA) is 14.2 Å². The Morgan fingerprint density at radius 1 is 1.07 bits per heavy atom. The number of nitrogens with zero attached hydrogens (tertiary/aromatic N) is 1. The van der Waals surface area contributed by atoms with E-state index in [4.69, 9.17) is 28.0 Å². The number of rotatable bonds is 2. The summed E-state index contributed by atoms with van der Waals surface area (Å²) in [6.07, 6.45) is 3.57. The Balaban J connectivity index is 2.25. The molecule has 2 rings (SSSR count). The molecule has 0 aliphatic rings. The Labute approximate surface area is 91.6 Å². The van der Waals surface area contributed by atoms with Gasteiger partial charge in [0.25, 0.3) is 0 Å². The molecule has 0 aliphatic heterocycles. The van der Waals surface area contributed by atoms with Gasteiger partial charge in [0, 0.05) is 17.4 Å². The zero-order valence-corrected chi connectivity index (χ0v) is 8.66. The third kappa shape index (κ3) is 2.03. The Morgan fingerprint density at radius 2 is 1.79 bits per heavy atom. The third-order valence-electron chi connectivity index (χ3n) is 1.67. The van der Waals surface area contributed by atoms with Gasteiger partial charge < -0.3 is 4.84 Å². The molecule has 0 atom stereocenters. The first-order chi connectivity index (χ1) is 6.75. The van der Waals surface area contributed by atoms with E-state index >= 15 is 0 Å². The Kier molecular flexibility index (Phi) is 2.66. The minimum atomic E-state index is 0.492. The summed E-state index contributed by atoms with van der Waals surface area (Å²) in [7, 11) is 0. The Hall–Kier alpha value is -1.12. The van der Waals surface area contributed by atoms with Crippen molar-refractivity contribution in [3.05, 3.63) is 52.8 Å². The molecule has 0 amide bonds. The van der Waals surface area contributed by atoms with Crippen molar-refractivity contribution in [1.82, 2.24) is 4.73 Å². The van der Waals surface area contributed by atoms with Gasteiger partial charge in [0.2, 0.25) is 0 Å². The van der Waals surface area contributed by atoms with E-state index in [0.717, 1.165) is 0 Å². The molecule has 0 aliphatic carbocycles. The molecule has 14 heavy (non-hydrogen) atoms. The van der Waals surface area contributed by atoms with Gasteiger partial charge in [0.15, 0.2) is 5.75 Å². The molecule has 0 saturated carbocycles. The highest BCUT2D eigenvalue weighted by atomic mass is 35.5. The van der Waals surface area contributed by atoms with Gasteiger partial charge in [-0.15, -0.1) is 0 Å². The first-order valence-corrected chi connectivity index (χ1v) is 4.78. The van der Waals surface area contributed by atoms with Crippen LogP contribution in [0.5, 0.6) is 5.75 Å². The highest BCUT2D eigenvalue weighted by Gasteiger charge is 2.02. The van der Waals surface area contributed by atoms with E-state index in [1.807, 2.05) is 12.1 Å². The smallest absolute Gasteiger partial charge is 0.174 e.